The summed E-state index contributed by atoms with van der Waals surface area (Å²) in [4.78, 5) is 23.9. The largest absolute Gasteiger partial charge is 0.497 e. The van der Waals surface area contributed by atoms with Crippen LogP contribution in [-0.2, 0) is 4.74 Å². The van der Waals surface area contributed by atoms with E-state index in [2.05, 4.69) is 0 Å². The van der Waals surface area contributed by atoms with Crippen LogP contribution in [0.4, 0.5) is 0 Å². The van der Waals surface area contributed by atoms with E-state index in [0.29, 0.717) is 29.2 Å². The van der Waals surface area contributed by atoms with Crippen LogP contribution in [0.2, 0.25) is 0 Å². The molecule has 0 spiro atoms. The Morgan fingerprint density at radius 3 is 2.33 bits per heavy atom. The molecule has 0 unspecified atom stereocenters. The number of carbonyl (C=O) groups excluding carboxylic acids is 2. The maximum atomic E-state index is 12.1. The van der Waals surface area contributed by atoms with Crippen molar-refractivity contribution in [3.05, 3.63) is 59.7 Å². The van der Waals surface area contributed by atoms with Crippen molar-refractivity contribution in [2.45, 2.75) is 19.8 Å². The molecule has 0 radical (unpaired) electrons. The summed E-state index contributed by atoms with van der Waals surface area (Å²) < 4.78 is 15.5. The zero-order valence-electron chi connectivity index (χ0n) is 13.8. The van der Waals surface area contributed by atoms with Crippen molar-refractivity contribution < 1.29 is 23.8 Å². The minimum atomic E-state index is -0.493. The summed E-state index contributed by atoms with van der Waals surface area (Å²) in [5.74, 6) is 0.0591. The van der Waals surface area contributed by atoms with Gasteiger partial charge in [0.15, 0.2) is 0 Å². The molecule has 0 aliphatic heterocycles. The highest BCUT2D eigenvalue weighted by molar-refractivity contribution is 5.92. The van der Waals surface area contributed by atoms with Gasteiger partial charge in [-0.15, -0.1) is 0 Å². The van der Waals surface area contributed by atoms with E-state index in [9.17, 15) is 9.59 Å². The van der Waals surface area contributed by atoms with E-state index in [-0.39, 0.29) is 5.97 Å². The van der Waals surface area contributed by atoms with Gasteiger partial charge in [0.1, 0.15) is 11.5 Å². The number of carbonyl (C=O) groups is 2. The molecule has 2 aromatic rings. The third kappa shape index (κ3) is 4.84. The quantitative estimate of drug-likeness (QED) is 0.438. The van der Waals surface area contributed by atoms with Gasteiger partial charge < -0.3 is 14.2 Å². The molecule has 2 rings (SSSR count). The number of hydrogen-bond donors (Lipinski definition) is 0. The van der Waals surface area contributed by atoms with E-state index in [1.165, 1.54) is 7.11 Å². The third-order valence-corrected chi connectivity index (χ3v) is 3.34. The van der Waals surface area contributed by atoms with E-state index >= 15 is 0 Å². The summed E-state index contributed by atoms with van der Waals surface area (Å²) in [6.45, 7) is 2.43. The second-order valence-corrected chi connectivity index (χ2v) is 5.14. The van der Waals surface area contributed by atoms with Crippen LogP contribution in [0.5, 0.6) is 11.5 Å². The molecule has 0 heterocycles. The Balaban J connectivity index is 1.98. The molecular formula is C19H20O5. The Bertz CT molecular complexity index is 691. The minimum Gasteiger partial charge on any atom is -0.497 e. The molecule has 24 heavy (non-hydrogen) atoms. The van der Waals surface area contributed by atoms with Gasteiger partial charge >= 0.3 is 11.9 Å². The number of esters is 2. The van der Waals surface area contributed by atoms with Gasteiger partial charge in [0.05, 0.1) is 24.8 Å². The molecule has 5 nitrogen and oxygen atoms in total. The van der Waals surface area contributed by atoms with Crippen molar-refractivity contribution in [3.8, 4) is 11.5 Å². The van der Waals surface area contributed by atoms with Crippen LogP contribution in [0.15, 0.2) is 48.5 Å². The first-order valence-corrected chi connectivity index (χ1v) is 7.77. The number of unbranched alkanes of at least 4 members (excludes halogenated alkanes) is 1. The monoisotopic (exact) mass is 328 g/mol. The fraction of sp³-hybridized carbons (Fsp3) is 0.263. The van der Waals surface area contributed by atoms with Crippen LogP contribution in [0, 0.1) is 0 Å². The molecule has 0 N–H and O–H groups in total. The maximum Gasteiger partial charge on any atom is 0.343 e. The Labute approximate surface area is 141 Å². The van der Waals surface area contributed by atoms with Crippen LogP contribution in [0.3, 0.4) is 0 Å². The standard InChI is InChI=1S/C19H20O5/c1-3-4-12-23-18(20)14-8-10-16(11-9-14)24-19(21)15-6-5-7-17(13-15)22-2/h5-11,13H,3-4,12H2,1-2H3. The number of benzene rings is 2. The van der Waals surface area contributed by atoms with Crippen molar-refractivity contribution in [3.63, 3.8) is 0 Å². The fourth-order valence-corrected chi connectivity index (χ4v) is 1.97. The van der Waals surface area contributed by atoms with Crippen molar-refractivity contribution >= 4 is 11.9 Å². The molecule has 2 aromatic carbocycles. The first-order valence-electron chi connectivity index (χ1n) is 7.77. The number of methoxy groups -OCH3 is 1. The fourth-order valence-electron chi connectivity index (χ4n) is 1.97. The number of hydrogen-bond acceptors (Lipinski definition) is 5. The smallest absolute Gasteiger partial charge is 0.343 e. The van der Waals surface area contributed by atoms with Gasteiger partial charge in [-0.25, -0.2) is 9.59 Å². The lowest BCUT2D eigenvalue weighted by atomic mass is 10.2. The second-order valence-electron chi connectivity index (χ2n) is 5.14. The lowest BCUT2D eigenvalue weighted by molar-refractivity contribution is 0.0499. The van der Waals surface area contributed by atoms with Gasteiger partial charge in [0, 0.05) is 0 Å². The normalized spacial score (nSPS) is 10.1. The molecule has 0 amide bonds. The predicted molar refractivity (Wildman–Crippen MR) is 89.6 cm³/mol. The van der Waals surface area contributed by atoms with E-state index in [4.69, 9.17) is 14.2 Å². The molecule has 5 heteroatoms. The van der Waals surface area contributed by atoms with Gasteiger partial charge in [-0.3, -0.25) is 0 Å². The van der Waals surface area contributed by atoms with E-state index in [1.54, 1.807) is 48.5 Å². The average molecular weight is 328 g/mol. The van der Waals surface area contributed by atoms with Gasteiger partial charge in [-0.1, -0.05) is 19.4 Å². The second kappa shape index (κ2) is 8.72. The molecule has 126 valence electrons. The molecule has 0 aliphatic rings. The zero-order valence-corrected chi connectivity index (χ0v) is 13.8. The van der Waals surface area contributed by atoms with E-state index in [0.717, 1.165) is 12.8 Å². The van der Waals surface area contributed by atoms with Gasteiger partial charge in [0.2, 0.25) is 0 Å². The lowest BCUT2D eigenvalue weighted by Crippen LogP contribution is -2.09. The maximum absolute atomic E-state index is 12.1. The Morgan fingerprint density at radius 1 is 0.917 bits per heavy atom. The van der Waals surface area contributed by atoms with Crippen LogP contribution in [0.1, 0.15) is 40.5 Å². The molecular weight excluding hydrogens is 308 g/mol. The van der Waals surface area contributed by atoms with Crippen molar-refractivity contribution in [2.75, 3.05) is 13.7 Å². The summed E-state index contributed by atoms with van der Waals surface area (Å²) in [5, 5.41) is 0. The lowest BCUT2D eigenvalue weighted by Gasteiger charge is -2.07. The van der Waals surface area contributed by atoms with Gasteiger partial charge in [-0.2, -0.15) is 0 Å². The van der Waals surface area contributed by atoms with Crippen LogP contribution >= 0.6 is 0 Å². The van der Waals surface area contributed by atoms with Crippen LogP contribution in [-0.4, -0.2) is 25.7 Å². The number of rotatable bonds is 7. The Kier molecular flexibility index (Phi) is 6.37. The molecule has 0 aliphatic carbocycles. The highest BCUT2D eigenvalue weighted by Gasteiger charge is 2.11. The summed E-state index contributed by atoms with van der Waals surface area (Å²) in [7, 11) is 1.53. The van der Waals surface area contributed by atoms with Crippen LogP contribution < -0.4 is 9.47 Å². The summed E-state index contributed by atoms with van der Waals surface area (Å²) in [5.41, 5.74) is 0.810. The molecule has 0 fully saturated rings. The minimum absolute atomic E-state index is 0.355. The summed E-state index contributed by atoms with van der Waals surface area (Å²) in [6, 6.07) is 13.0. The summed E-state index contributed by atoms with van der Waals surface area (Å²) >= 11 is 0. The van der Waals surface area contributed by atoms with Gasteiger partial charge in [-0.05, 0) is 48.9 Å². The Morgan fingerprint density at radius 2 is 1.67 bits per heavy atom. The van der Waals surface area contributed by atoms with Crippen molar-refractivity contribution in [1.82, 2.24) is 0 Å². The van der Waals surface area contributed by atoms with Crippen molar-refractivity contribution in [1.29, 1.82) is 0 Å². The highest BCUT2D eigenvalue weighted by Crippen LogP contribution is 2.17. The topological polar surface area (TPSA) is 61.8 Å². The first-order chi connectivity index (χ1) is 11.6. The van der Waals surface area contributed by atoms with Crippen molar-refractivity contribution in [2.24, 2.45) is 0 Å². The molecule has 0 bridgehead atoms. The Hall–Kier alpha value is -2.82. The molecule has 0 saturated heterocycles. The molecule has 0 saturated carbocycles. The van der Waals surface area contributed by atoms with Gasteiger partial charge in [0.25, 0.3) is 0 Å². The van der Waals surface area contributed by atoms with E-state index in [1.807, 2.05) is 6.92 Å². The SMILES string of the molecule is CCCCOC(=O)c1ccc(OC(=O)c2cccc(OC)c2)cc1. The summed E-state index contributed by atoms with van der Waals surface area (Å²) in [6.07, 6.45) is 1.80. The average Bonchev–Trinajstić information content (AvgIpc) is 2.62. The first kappa shape index (κ1) is 17.5. The predicted octanol–water partition coefficient (Wildman–Crippen LogP) is 3.87. The molecule has 0 atom stereocenters. The number of ether oxygens (including phenoxy) is 3. The highest BCUT2D eigenvalue weighted by atomic mass is 16.5. The van der Waals surface area contributed by atoms with E-state index < -0.39 is 5.97 Å². The third-order valence-electron chi connectivity index (χ3n) is 3.34. The zero-order chi connectivity index (χ0) is 17.4. The molecule has 0 aromatic heterocycles. The van der Waals surface area contributed by atoms with Crippen LogP contribution in [0.25, 0.3) is 0 Å².